The van der Waals surface area contributed by atoms with Crippen molar-refractivity contribution >= 4 is 76.9 Å². The third-order valence-electron chi connectivity index (χ3n) is 9.91. The maximum absolute atomic E-state index is 10.2. The van der Waals surface area contributed by atoms with Gasteiger partial charge in [-0.05, 0) is 101 Å². The lowest BCUT2D eigenvalue weighted by atomic mass is 10.0. The number of aromatic nitrogens is 2. The van der Waals surface area contributed by atoms with E-state index in [-0.39, 0.29) is 0 Å². The number of benzene rings is 7. The van der Waals surface area contributed by atoms with Gasteiger partial charge in [0.2, 0.25) is 0 Å². The van der Waals surface area contributed by atoms with Gasteiger partial charge in [-0.1, -0.05) is 60.7 Å². The fraction of sp³-hybridized carbons (Fsp3) is 0. The van der Waals surface area contributed by atoms with Crippen LogP contribution in [0, 0.1) is 24.5 Å². The molecule has 7 aromatic carbocycles. The first-order valence-corrected chi connectivity index (χ1v) is 16.5. The van der Waals surface area contributed by atoms with Gasteiger partial charge in [0.05, 0.1) is 52.2 Å². The average molecular weight is 650 g/mol. The Morgan fingerprint density at radius 2 is 1.16 bits per heavy atom. The van der Waals surface area contributed by atoms with Crippen LogP contribution in [0.1, 0.15) is 5.56 Å². The summed E-state index contributed by atoms with van der Waals surface area (Å²) < 4.78 is 10.9. The highest BCUT2D eigenvalue weighted by Crippen LogP contribution is 2.42. The number of nitrogens with zero attached hydrogens (tertiary/aromatic N) is 5. The summed E-state index contributed by atoms with van der Waals surface area (Å²) in [5.41, 5.74) is 11.0. The van der Waals surface area contributed by atoms with E-state index in [1.54, 1.807) is 0 Å². The maximum Gasteiger partial charge on any atom is 0.188 e. The second-order valence-electron chi connectivity index (χ2n) is 12.7. The Morgan fingerprint density at radius 1 is 0.510 bits per heavy atom. The zero-order valence-electron chi connectivity index (χ0n) is 26.9. The van der Waals surface area contributed by atoms with E-state index in [2.05, 4.69) is 97.7 Å². The highest BCUT2D eigenvalue weighted by Gasteiger charge is 2.19. The number of para-hydroxylation sites is 2. The molecule has 0 spiro atoms. The average Bonchev–Trinajstić information content (AvgIpc) is 3.84. The van der Waals surface area contributed by atoms with Crippen LogP contribution in [-0.4, -0.2) is 9.13 Å². The van der Waals surface area contributed by atoms with Crippen molar-refractivity contribution in [2.24, 2.45) is 0 Å². The molecule has 6 heteroatoms. The minimum Gasteiger partial charge on any atom is -0.455 e. The van der Waals surface area contributed by atoms with Gasteiger partial charge in [-0.3, -0.25) is 0 Å². The molecule has 0 amide bonds. The molecule has 3 aromatic heterocycles. The number of hydrogen-bond donors (Lipinski definition) is 0. The molecule has 0 atom stereocenters. The van der Waals surface area contributed by atoms with Gasteiger partial charge in [-0.15, -0.1) is 0 Å². The number of rotatable bonds is 3. The predicted molar refractivity (Wildman–Crippen MR) is 205 cm³/mol. The van der Waals surface area contributed by atoms with Gasteiger partial charge in [0.25, 0.3) is 0 Å². The van der Waals surface area contributed by atoms with Crippen LogP contribution in [0.15, 0.2) is 144 Å². The van der Waals surface area contributed by atoms with Crippen molar-refractivity contribution in [2.45, 2.75) is 0 Å². The molecule has 234 valence electrons. The third kappa shape index (κ3) is 4.14. The minimum absolute atomic E-state index is 0.530. The fourth-order valence-corrected chi connectivity index (χ4v) is 7.73. The first-order valence-electron chi connectivity index (χ1n) is 16.5. The van der Waals surface area contributed by atoms with Crippen LogP contribution in [0.25, 0.3) is 97.7 Å². The van der Waals surface area contributed by atoms with Gasteiger partial charge < -0.3 is 13.6 Å². The highest BCUT2D eigenvalue weighted by atomic mass is 16.3. The molecule has 0 aliphatic carbocycles. The summed E-state index contributed by atoms with van der Waals surface area (Å²) in [7, 11) is 0. The largest absolute Gasteiger partial charge is 0.455 e. The van der Waals surface area contributed by atoms with Crippen molar-refractivity contribution in [1.29, 1.82) is 5.26 Å². The molecule has 3 heterocycles. The SMILES string of the molecule is [C-]#[N+]c1ccc2c(c1)c1cc([N+]#[C-])ccc1n2-c1cc(C#N)cc(-c2cccc(-n3c4ccccc4c4c5oc6ccccc6c5ccc43)c2)c1. The summed E-state index contributed by atoms with van der Waals surface area (Å²) in [6, 6.07) is 48.9. The van der Waals surface area contributed by atoms with Gasteiger partial charge in [-0.25, -0.2) is 9.69 Å². The molecule has 6 nitrogen and oxygen atoms in total. The molecule has 0 radical (unpaired) electrons. The Bertz CT molecular complexity index is 3170. The summed E-state index contributed by atoms with van der Waals surface area (Å²) in [6.45, 7) is 15.2. The lowest BCUT2D eigenvalue weighted by Gasteiger charge is -2.13. The van der Waals surface area contributed by atoms with Gasteiger partial charge in [0.1, 0.15) is 11.2 Å². The monoisotopic (exact) mass is 649 g/mol. The minimum atomic E-state index is 0.530. The van der Waals surface area contributed by atoms with E-state index < -0.39 is 0 Å². The van der Waals surface area contributed by atoms with E-state index in [0.29, 0.717) is 16.9 Å². The third-order valence-corrected chi connectivity index (χ3v) is 9.91. The van der Waals surface area contributed by atoms with E-state index in [1.807, 2.05) is 66.7 Å². The Labute approximate surface area is 291 Å². The fourth-order valence-electron chi connectivity index (χ4n) is 7.73. The van der Waals surface area contributed by atoms with Gasteiger partial charge >= 0.3 is 0 Å². The molecule has 0 aliphatic heterocycles. The van der Waals surface area contributed by atoms with Crippen LogP contribution in [0.2, 0.25) is 0 Å². The molecule has 0 saturated heterocycles. The van der Waals surface area contributed by atoms with Gasteiger partial charge in [0.15, 0.2) is 11.4 Å². The van der Waals surface area contributed by atoms with E-state index in [4.69, 9.17) is 17.6 Å². The van der Waals surface area contributed by atoms with Gasteiger partial charge in [-0.2, -0.15) is 5.26 Å². The zero-order valence-corrected chi connectivity index (χ0v) is 26.9. The highest BCUT2D eigenvalue weighted by molar-refractivity contribution is 6.23. The smallest absolute Gasteiger partial charge is 0.188 e. The second-order valence-corrected chi connectivity index (χ2v) is 12.7. The Hall–Kier alpha value is -7.59. The van der Waals surface area contributed by atoms with Crippen LogP contribution in [0.4, 0.5) is 11.4 Å². The van der Waals surface area contributed by atoms with Crippen LogP contribution in [0.5, 0.6) is 0 Å². The standard InChI is InChI=1S/C45H23N5O/c1-47-30-14-17-40-37(24-30)38-25-31(48-2)15-18-41(38)50(40)33-21-27(26-46)20-29(23-33)28-8-7-9-32(22-28)49-39-12-5-3-11-36(39)44-42(49)19-16-35-34-10-4-6-13-43(34)51-45(35)44/h3-25H. The van der Waals surface area contributed by atoms with Gasteiger partial charge in [0, 0.05) is 27.5 Å². The molecule has 10 rings (SSSR count). The summed E-state index contributed by atoms with van der Waals surface area (Å²) in [5.74, 6) is 0. The van der Waals surface area contributed by atoms with Crippen molar-refractivity contribution in [3.05, 3.63) is 168 Å². The normalized spacial score (nSPS) is 11.5. The maximum atomic E-state index is 10.2. The van der Waals surface area contributed by atoms with Crippen LogP contribution in [0.3, 0.4) is 0 Å². The summed E-state index contributed by atoms with van der Waals surface area (Å²) >= 11 is 0. The predicted octanol–water partition coefficient (Wildman–Crippen LogP) is 12.4. The van der Waals surface area contributed by atoms with E-state index in [1.165, 1.54) is 0 Å². The molecule has 0 bridgehead atoms. The van der Waals surface area contributed by atoms with Crippen LogP contribution in [-0.2, 0) is 0 Å². The van der Waals surface area contributed by atoms with Crippen molar-refractivity contribution in [3.63, 3.8) is 0 Å². The van der Waals surface area contributed by atoms with E-state index >= 15 is 0 Å². The Balaban J connectivity index is 1.19. The zero-order chi connectivity index (χ0) is 34.2. The van der Waals surface area contributed by atoms with Crippen molar-refractivity contribution in [2.75, 3.05) is 0 Å². The molecule has 0 unspecified atom stereocenters. The Morgan fingerprint density at radius 3 is 1.90 bits per heavy atom. The summed E-state index contributed by atoms with van der Waals surface area (Å²) in [6.07, 6.45) is 0. The first-order chi connectivity index (χ1) is 25.1. The molecule has 10 aromatic rings. The van der Waals surface area contributed by atoms with Crippen molar-refractivity contribution < 1.29 is 4.42 Å². The Kier molecular flexibility index (Phi) is 5.97. The van der Waals surface area contributed by atoms with Crippen LogP contribution < -0.4 is 0 Å². The van der Waals surface area contributed by atoms with E-state index in [0.717, 1.165) is 88.1 Å². The van der Waals surface area contributed by atoms with E-state index in [9.17, 15) is 5.26 Å². The van der Waals surface area contributed by atoms with Crippen LogP contribution >= 0.6 is 0 Å². The number of hydrogen-bond acceptors (Lipinski definition) is 2. The lowest BCUT2D eigenvalue weighted by Crippen LogP contribution is -1.97. The lowest BCUT2D eigenvalue weighted by molar-refractivity contribution is 0.673. The molecular weight excluding hydrogens is 627 g/mol. The first kappa shape index (κ1) is 28.4. The quantitative estimate of drug-likeness (QED) is 0.179. The number of furan rings is 1. The molecule has 0 aliphatic rings. The molecule has 51 heavy (non-hydrogen) atoms. The van der Waals surface area contributed by atoms with Crippen molar-refractivity contribution in [3.8, 4) is 28.6 Å². The number of fused-ring (bicyclic) bond motifs is 10. The topological polar surface area (TPSA) is 55.5 Å². The molecule has 0 N–H and O–H groups in total. The summed E-state index contributed by atoms with van der Waals surface area (Å²) in [5, 5.41) is 16.4. The number of nitriles is 1. The summed E-state index contributed by atoms with van der Waals surface area (Å²) in [4.78, 5) is 7.31. The molecule has 0 saturated carbocycles. The molecular formula is C45H23N5O. The second kappa shape index (κ2) is 10.7. The van der Waals surface area contributed by atoms with Crippen molar-refractivity contribution in [1.82, 2.24) is 9.13 Å². The molecule has 0 fully saturated rings.